The Morgan fingerprint density at radius 3 is 1.32 bits per heavy atom. The number of rotatable bonds is 14. The van der Waals surface area contributed by atoms with E-state index in [1.807, 2.05) is 0 Å². The van der Waals surface area contributed by atoms with Crippen LogP contribution in [-0.2, 0) is 52.6 Å². The SMILES string of the molecule is COc1ccc(S(=O)(=O)N(Cc2ccccc2)[C@H]2CS(=O)(=O)C[C@@H]2N(Cc2ccccc2)S(=O)(=O)c2ccc(OC)c(NC(C)=O)c2)cc1NC(C)=O. The van der Waals surface area contributed by atoms with Crippen molar-refractivity contribution in [1.82, 2.24) is 8.61 Å². The molecule has 1 aliphatic rings. The van der Waals surface area contributed by atoms with Gasteiger partial charge in [0.25, 0.3) is 0 Å². The van der Waals surface area contributed by atoms with Crippen LogP contribution in [0.5, 0.6) is 11.5 Å². The first kappa shape index (κ1) is 39.4. The summed E-state index contributed by atoms with van der Waals surface area (Å²) in [5, 5.41) is 5.12. The van der Waals surface area contributed by atoms with Gasteiger partial charge in [0, 0.05) is 26.9 Å². The molecule has 0 aromatic heterocycles. The first-order chi connectivity index (χ1) is 25.1. The number of nitrogens with one attached hydrogen (secondary N) is 2. The molecule has 17 heteroatoms. The first-order valence-electron chi connectivity index (χ1n) is 16.3. The Kier molecular flexibility index (Phi) is 11.9. The normalized spacial score (nSPS) is 17.0. The van der Waals surface area contributed by atoms with E-state index in [2.05, 4.69) is 10.6 Å². The lowest BCUT2D eigenvalue weighted by Crippen LogP contribution is -2.54. The van der Waals surface area contributed by atoms with Crippen LogP contribution in [0.2, 0.25) is 0 Å². The van der Waals surface area contributed by atoms with Crippen molar-refractivity contribution in [3.63, 3.8) is 0 Å². The van der Waals surface area contributed by atoms with Crippen molar-refractivity contribution in [3.05, 3.63) is 108 Å². The minimum atomic E-state index is -4.62. The van der Waals surface area contributed by atoms with Gasteiger partial charge in [-0.2, -0.15) is 8.61 Å². The summed E-state index contributed by atoms with van der Waals surface area (Å²) in [5.41, 5.74) is 1.17. The van der Waals surface area contributed by atoms with Crippen LogP contribution in [0.3, 0.4) is 0 Å². The molecule has 0 spiro atoms. The molecular formula is C36H40N4O10S3. The fourth-order valence-corrected chi connectivity index (χ4v) is 11.7. The molecule has 1 saturated heterocycles. The number of nitrogens with zero attached hydrogens (tertiary/aromatic N) is 2. The Balaban J connectivity index is 1.71. The lowest BCUT2D eigenvalue weighted by atomic mass is 10.1. The first-order valence-corrected chi connectivity index (χ1v) is 21.0. The maximum absolute atomic E-state index is 14.8. The maximum Gasteiger partial charge on any atom is 0.243 e. The molecule has 1 heterocycles. The quantitative estimate of drug-likeness (QED) is 0.190. The Bertz CT molecular complexity index is 2150. The van der Waals surface area contributed by atoms with Gasteiger partial charge in [-0.15, -0.1) is 0 Å². The molecule has 0 unspecified atom stereocenters. The van der Waals surface area contributed by atoms with Gasteiger partial charge in [0.1, 0.15) is 11.5 Å². The number of carbonyl (C=O) groups is 2. The topological polar surface area (TPSA) is 186 Å². The molecule has 0 saturated carbocycles. The monoisotopic (exact) mass is 784 g/mol. The van der Waals surface area contributed by atoms with Crippen molar-refractivity contribution >= 4 is 53.1 Å². The number of hydrogen-bond donors (Lipinski definition) is 2. The number of benzene rings is 4. The minimum absolute atomic E-state index is 0.0686. The second kappa shape index (κ2) is 16.1. The average molecular weight is 785 g/mol. The number of anilines is 2. The summed E-state index contributed by atoms with van der Waals surface area (Å²) in [7, 11) is -10.6. The van der Waals surface area contributed by atoms with Crippen molar-refractivity contribution < 1.29 is 44.3 Å². The lowest BCUT2D eigenvalue weighted by Gasteiger charge is -2.37. The Morgan fingerprint density at radius 1 is 0.642 bits per heavy atom. The molecular weight excluding hydrogens is 745 g/mol. The Hall–Kier alpha value is -4.81. The molecule has 1 fully saturated rings. The molecule has 2 amide bonds. The third-order valence-corrected chi connectivity index (χ3v) is 14.0. The van der Waals surface area contributed by atoms with Crippen LogP contribution in [0.25, 0.3) is 0 Å². The van der Waals surface area contributed by atoms with Gasteiger partial charge in [-0.25, -0.2) is 25.3 Å². The van der Waals surface area contributed by atoms with Gasteiger partial charge in [-0.3, -0.25) is 9.59 Å². The number of amides is 2. The number of ether oxygens (including phenoxy) is 2. The van der Waals surface area contributed by atoms with Gasteiger partial charge in [-0.1, -0.05) is 60.7 Å². The standard InChI is InChI=1S/C36H40N4O10S3/c1-25(41)37-31-19-29(15-17-35(31)49-3)52(45,46)39(21-27-11-7-5-8-12-27)33-23-51(43,44)24-34(33)40(22-28-13-9-6-10-14-28)53(47,48)30-16-18-36(50-4)32(20-30)38-26(2)42/h5-20,33-34H,21-24H2,1-4H3,(H,37,41)(H,38,42)/t33-,34-/m0/s1. The summed E-state index contributed by atoms with van der Waals surface area (Å²) in [6.07, 6.45) is 0. The van der Waals surface area contributed by atoms with Gasteiger partial charge in [0.15, 0.2) is 9.84 Å². The summed E-state index contributed by atoms with van der Waals surface area (Å²) in [6, 6.07) is 21.9. The fourth-order valence-electron chi connectivity index (χ4n) is 6.19. The van der Waals surface area contributed by atoms with Gasteiger partial charge >= 0.3 is 0 Å². The molecule has 4 aromatic rings. The average Bonchev–Trinajstić information content (AvgIpc) is 3.43. The second-order valence-electron chi connectivity index (χ2n) is 12.4. The van der Waals surface area contributed by atoms with Crippen molar-refractivity contribution in [2.24, 2.45) is 0 Å². The molecule has 0 bridgehead atoms. The van der Waals surface area contributed by atoms with Crippen LogP contribution >= 0.6 is 0 Å². The van der Waals surface area contributed by atoms with E-state index in [-0.39, 0.29) is 45.8 Å². The number of methoxy groups -OCH3 is 2. The summed E-state index contributed by atoms with van der Waals surface area (Å²) in [5.74, 6) is -1.95. The summed E-state index contributed by atoms with van der Waals surface area (Å²) >= 11 is 0. The van der Waals surface area contributed by atoms with E-state index in [1.165, 1.54) is 64.5 Å². The van der Waals surface area contributed by atoms with Gasteiger partial charge in [0.05, 0.1) is 59.0 Å². The predicted molar refractivity (Wildman–Crippen MR) is 199 cm³/mol. The van der Waals surface area contributed by atoms with Crippen molar-refractivity contribution in [3.8, 4) is 11.5 Å². The Labute approximate surface area is 309 Å². The summed E-state index contributed by atoms with van der Waals surface area (Å²) in [4.78, 5) is 23.4. The number of carbonyl (C=O) groups excluding carboxylic acids is 2. The molecule has 1 aliphatic heterocycles. The zero-order valence-electron chi connectivity index (χ0n) is 29.4. The van der Waals surface area contributed by atoms with E-state index in [9.17, 15) is 34.8 Å². The molecule has 2 N–H and O–H groups in total. The maximum atomic E-state index is 14.8. The number of hydrogen-bond acceptors (Lipinski definition) is 10. The number of sulfonamides is 2. The van der Waals surface area contributed by atoms with Crippen LogP contribution in [0.1, 0.15) is 25.0 Å². The van der Waals surface area contributed by atoms with E-state index in [1.54, 1.807) is 60.7 Å². The van der Waals surface area contributed by atoms with E-state index >= 15 is 0 Å². The van der Waals surface area contributed by atoms with Gasteiger partial charge in [0.2, 0.25) is 31.9 Å². The highest BCUT2D eigenvalue weighted by Crippen LogP contribution is 2.37. The van der Waals surface area contributed by atoms with Crippen molar-refractivity contribution in [1.29, 1.82) is 0 Å². The van der Waals surface area contributed by atoms with Crippen LogP contribution in [-0.4, -0.2) is 83.5 Å². The molecule has 0 aliphatic carbocycles. The smallest absolute Gasteiger partial charge is 0.243 e. The number of sulfone groups is 1. The molecule has 53 heavy (non-hydrogen) atoms. The molecule has 2 atom stereocenters. The van der Waals surface area contributed by atoms with Crippen LogP contribution in [0.4, 0.5) is 11.4 Å². The lowest BCUT2D eigenvalue weighted by molar-refractivity contribution is -0.115. The molecule has 0 radical (unpaired) electrons. The summed E-state index contributed by atoms with van der Waals surface area (Å²) < 4.78 is 99.1. The highest BCUT2D eigenvalue weighted by molar-refractivity contribution is 7.92. The second-order valence-corrected chi connectivity index (χ2v) is 18.3. The molecule has 14 nitrogen and oxygen atoms in total. The largest absolute Gasteiger partial charge is 0.495 e. The highest BCUT2D eigenvalue weighted by Gasteiger charge is 2.51. The molecule has 4 aromatic carbocycles. The van der Waals surface area contributed by atoms with Crippen LogP contribution < -0.4 is 20.1 Å². The van der Waals surface area contributed by atoms with E-state index in [0.29, 0.717) is 11.1 Å². The zero-order chi connectivity index (χ0) is 38.6. The van der Waals surface area contributed by atoms with E-state index < -0.39 is 65.3 Å². The van der Waals surface area contributed by atoms with Gasteiger partial charge < -0.3 is 20.1 Å². The highest BCUT2D eigenvalue weighted by atomic mass is 32.2. The Morgan fingerprint density at radius 2 is 1.00 bits per heavy atom. The molecule has 282 valence electrons. The summed E-state index contributed by atoms with van der Waals surface area (Å²) in [6.45, 7) is 1.88. The van der Waals surface area contributed by atoms with Gasteiger partial charge in [-0.05, 0) is 47.5 Å². The zero-order valence-corrected chi connectivity index (χ0v) is 31.9. The third-order valence-electron chi connectivity index (χ3n) is 8.57. The van der Waals surface area contributed by atoms with Crippen LogP contribution in [0.15, 0.2) is 107 Å². The van der Waals surface area contributed by atoms with Crippen molar-refractivity contribution in [2.45, 2.75) is 48.8 Å². The van der Waals surface area contributed by atoms with E-state index in [0.717, 1.165) is 8.61 Å². The van der Waals surface area contributed by atoms with Crippen molar-refractivity contribution in [2.75, 3.05) is 36.4 Å². The fraction of sp³-hybridized carbons (Fsp3) is 0.278. The third kappa shape index (κ3) is 9.05. The minimum Gasteiger partial charge on any atom is -0.495 e. The van der Waals surface area contributed by atoms with Crippen LogP contribution in [0, 0.1) is 0 Å². The van der Waals surface area contributed by atoms with E-state index in [4.69, 9.17) is 9.47 Å². The predicted octanol–water partition coefficient (Wildman–Crippen LogP) is 3.87. The molecule has 5 rings (SSSR count).